The molecule has 3 rings (SSSR count). The van der Waals surface area contributed by atoms with Crippen LogP contribution in [0.1, 0.15) is 16.7 Å². The Labute approximate surface area is 145 Å². The van der Waals surface area contributed by atoms with Gasteiger partial charge in [0.15, 0.2) is 0 Å². The molecule has 0 aliphatic carbocycles. The molecule has 5 heteroatoms. The van der Waals surface area contributed by atoms with E-state index in [9.17, 15) is 5.26 Å². The van der Waals surface area contributed by atoms with E-state index >= 15 is 0 Å². The van der Waals surface area contributed by atoms with Crippen LogP contribution in [-0.4, -0.2) is 15.4 Å². The van der Waals surface area contributed by atoms with E-state index in [2.05, 4.69) is 28.4 Å². The second kappa shape index (κ2) is 7.33. The largest absolute Gasteiger partial charge is 0.411 e. The van der Waals surface area contributed by atoms with Crippen molar-refractivity contribution in [2.24, 2.45) is 0 Å². The minimum atomic E-state index is -0.266. The minimum absolute atomic E-state index is 0.266. The standard InChI is InChI=1S/C19H17N3OS/c1-13-7-9-15(10-8-13)11-16(12-20)24-19-22-21-18(23-19)17-6-4-3-5-14(17)2/h3-10,16H,11H2,1-2H3/t16-/m1/s1. The van der Waals surface area contributed by atoms with Gasteiger partial charge < -0.3 is 4.42 Å². The molecule has 0 aliphatic rings. The summed E-state index contributed by atoms with van der Waals surface area (Å²) in [5.41, 5.74) is 4.33. The van der Waals surface area contributed by atoms with Crippen molar-refractivity contribution in [2.75, 3.05) is 0 Å². The molecule has 0 amide bonds. The first-order valence-electron chi connectivity index (χ1n) is 7.67. The van der Waals surface area contributed by atoms with E-state index in [1.54, 1.807) is 0 Å². The fraction of sp³-hybridized carbons (Fsp3) is 0.211. The number of thioether (sulfide) groups is 1. The van der Waals surface area contributed by atoms with Crippen LogP contribution >= 0.6 is 11.8 Å². The Morgan fingerprint density at radius 3 is 2.54 bits per heavy atom. The zero-order valence-corrected chi connectivity index (χ0v) is 14.4. The Morgan fingerprint density at radius 2 is 1.83 bits per heavy atom. The first-order chi connectivity index (χ1) is 11.7. The van der Waals surface area contributed by atoms with Gasteiger partial charge in [-0.1, -0.05) is 48.0 Å². The lowest BCUT2D eigenvalue weighted by Crippen LogP contribution is -2.03. The van der Waals surface area contributed by atoms with E-state index in [-0.39, 0.29) is 5.25 Å². The van der Waals surface area contributed by atoms with Crippen molar-refractivity contribution in [1.82, 2.24) is 10.2 Å². The maximum atomic E-state index is 9.41. The van der Waals surface area contributed by atoms with Crippen LogP contribution in [0.4, 0.5) is 0 Å². The highest BCUT2D eigenvalue weighted by Gasteiger charge is 2.17. The predicted octanol–water partition coefficient (Wildman–Crippen LogP) is 4.58. The zero-order chi connectivity index (χ0) is 16.9. The molecule has 24 heavy (non-hydrogen) atoms. The van der Waals surface area contributed by atoms with Crippen molar-refractivity contribution < 1.29 is 4.42 Å². The van der Waals surface area contributed by atoms with Crippen molar-refractivity contribution in [3.63, 3.8) is 0 Å². The fourth-order valence-corrected chi connectivity index (χ4v) is 3.14. The van der Waals surface area contributed by atoms with Crippen LogP contribution in [0, 0.1) is 25.2 Å². The van der Waals surface area contributed by atoms with Gasteiger partial charge in [-0.2, -0.15) is 5.26 Å². The maximum absolute atomic E-state index is 9.41. The van der Waals surface area contributed by atoms with Gasteiger partial charge in [0.2, 0.25) is 5.89 Å². The number of nitriles is 1. The molecule has 0 radical (unpaired) electrons. The summed E-state index contributed by atoms with van der Waals surface area (Å²) in [7, 11) is 0. The van der Waals surface area contributed by atoms with Crippen LogP contribution < -0.4 is 0 Å². The van der Waals surface area contributed by atoms with Gasteiger partial charge in [-0.25, -0.2) is 0 Å². The van der Waals surface area contributed by atoms with Gasteiger partial charge in [0, 0.05) is 5.56 Å². The number of hydrogen-bond donors (Lipinski definition) is 0. The van der Waals surface area contributed by atoms with Crippen LogP contribution in [0.3, 0.4) is 0 Å². The van der Waals surface area contributed by atoms with Crippen LogP contribution in [-0.2, 0) is 6.42 Å². The number of aromatic nitrogens is 2. The molecule has 2 aromatic carbocycles. The lowest BCUT2D eigenvalue weighted by atomic mass is 10.1. The number of benzene rings is 2. The van der Waals surface area contributed by atoms with Crippen molar-refractivity contribution in [2.45, 2.75) is 30.7 Å². The van der Waals surface area contributed by atoms with Gasteiger partial charge in [-0.3, -0.25) is 0 Å². The molecule has 1 aromatic heterocycles. The molecule has 1 atom stereocenters. The fourth-order valence-electron chi connectivity index (χ4n) is 2.35. The molecule has 3 aromatic rings. The van der Waals surface area contributed by atoms with Crippen LogP contribution in [0.5, 0.6) is 0 Å². The van der Waals surface area contributed by atoms with E-state index in [4.69, 9.17) is 4.42 Å². The smallest absolute Gasteiger partial charge is 0.278 e. The van der Waals surface area contributed by atoms with Crippen molar-refractivity contribution in [3.8, 4) is 17.5 Å². The highest BCUT2D eigenvalue weighted by molar-refractivity contribution is 7.99. The summed E-state index contributed by atoms with van der Waals surface area (Å²) in [5.74, 6) is 0.489. The molecule has 0 saturated heterocycles. The molecule has 0 N–H and O–H groups in total. The van der Waals surface area contributed by atoms with E-state index in [1.165, 1.54) is 17.3 Å². The molecule has 120 valence electrons. The third kappa shape index (κ3) is 3.84. The Kier molecular flexibility index (Phi) is 4.97. The van der Waals surface area contributed by atoms with Gasteiger partial charge in [-0.05, 0) is 49.2 Å². The van der Waals surface area contributed by atoms with Gasteiger partial charge in [-0.15, -0.1) is 10.2 Å². The molecule has 4 nitrogen and oxygen atoms in total. The van der Waals surface area contributed by atoms with Crippen molar-refractivity contribution in [1.29, 1.82) is 5.26 Å². The highest BCUT2D eigenvalue weighted by atomic mass is 32.2. The molecule has 0 fully saturated rings. The van der Waals surface area contributed by atoms with E-state index in [1.807, 2.05) is 50.2 Å². The SMILES string of the molecule is Cc1ccc(C[C@H](C#N)Sc2nnc(-c3ccccc3C)o2)cc1. The third-order valence-corrected chi connectivity index (χ3v) is 4.63. The average Bonchev–Trinajstić information content (AvgIpc) is 3.05. The number of nitrogens with zero attached hydrogens (tertiary/aromatic N) is 3. The molecular formula is C19H17N3OS. The quantitative estimate of drug-likeness (QED) is 0.639. The number of aryl methyl sites for hydroxylation is 2. The average molecular weight is 335 g/mol. The Balaban J connectivity index is 1.72. The van der Waals surface area contributed by atoms with Crippen molar-refractivity contribution >= 4 is 11.8 Å². The minimum Gasteiger partial charge on any atom is -0.411 e. The van der Waals surface area contributed by atoms with E-state index < -0.39 is 0 Å². The Bertz CT molecular complexity index is 865. The van der Waals surface area contributed by atoms with Gasteiger partial charge in [0.05, 0.1) is 6.07 Å². The monoisotopic (exact) mass is 335 g/mol. The van der Waals surface area contributed by atoms with Gasteiger partial charge in [0.25, 0.3) is 5.22 Å². The normalized spacial score (nSPS) is 11.9. The molecule has 0 aliphatic heterocycles. The van der Waals surface area contributed by atoms with E-state index in [0.29, 0.717) is 17.5 Å². The van der Waals surface area contributed by atoms with Crippen molar-refractivity contribution in [3.05, 3.63) is 65.2 Å². The lowest BCUT2D eigenvalue weighted by molar-refractivity contribution is 0.465. The second-order valence-corrected chi connectivity index (χ2v) is 6.77. The third-order valence-electron chi connectivity index (χ3n) is 3.71. The molecule has 0 spiro atoms. The number of rotatable bonds is 5. The topological polar surface area (TPSA) is 62.7 Å². The highest BCUT2D eigenvalue weighted by Crippen LogP contribution is 2.28. The first-order valence-corrected chi connectivity index (χ1v) is 8.55. The molecular weight excluding hydrogens is 318 g/mol. The zero-order valence-electron chi connectivity index (χ0n) is 13.6. The predicted molar refractivity (Wildman–Crippen MR) is 94.6 cm³/mol. The lowest BCUT2D eigenvalue weighted by Gasteiger charge is -2.06. The van der Waals surface area contributed by atoms with Crippen LogP contribution in [0.25, 0.3) is 11.5 Å². The summed E-state index contributed by atoms with van der Waals surface area (Å²) in [6.07, 6.45) is 0.642. The summed E-state index contributed by atoms with van der Waals surface area (Å²) in [4.78, 5) is 0. The summed E-state index contributed by atoms with van der Waals surface area (Å²) in [5, 5.41) is 17.7. The molecule has 1 heterocycles. The molecule has 0 unspecified atom stereocenters. The first kappa shape index (κ1) is 16.3. The molecule has 0 saturated carbocycles. The Morgan fingerprint density at radius 1 is 1.08 bits per heavy atom. The summed E-state index contributed by atoms with van der Waals surface area (Å²) in [6, 6.07) is 18.4. The summed E-state index contributed by atoms with van der Waals surface area (Å²) in [6.45, 7) is 4.05. The maximum Gasteiger partial charge on any atom is 0.278 e. The van der Waals surface area contributed by atoms with Gasteiger partial charge in [0.1, 0.15) is 5.25 Å². The summed E-state index contributed by atoms with van der Waals surface area (Å²) >= 11 is 1.31. The van der Waals surface area contributed by atoms with Crippen LogP contribution in [0.2, 0.25) is 0 Å². The Hall–Kier alpha value is -2.58. The number of hydrogen-bond acceptors (Lipinski definition) is 5. The second-order valence-electron chi connectivity index (χ2n) is 5.61. The van der Waals surface area contributed by atoms with E-state index in [0.717, 1.165) is 16.7 Å². The van der Waals surface area contributed by atoms with Crippen LogP contribution in [0.15, 0.2) is 58.2 Å². The molecule has 0 bridgehead atoms. The van der Waals surface area contributed by atoms with Gasteiger partial charge >= 0.3 is 0 Å². The summed E-state index contributed by atoms with van der Waals surface area (Å²) < 4.78 is 5.73.